The molecule has 0 radical (unpaired) electrons. The fourth-order valence-electron chi connectivity index (χ4n) is 3.99. The van der Waals surface area contributed by atoms with Crippen molar-refractivity contribution in [1.29, 1.82) is 0 Å². The molecule has 0 fully saturated rings. The Morgan fingerprint density at radius 2 is 1.68 bits per heavy atom. The lowest BCUT2D eigenvalue weighted by Gasteiger charge is -2.31. The topological polar surface area (TPSA) is 46.8 Å². The molecule has 5 rings (SSSR count). The second-order valence-electron chi connectivity index (χ2n) is 7.13. The molecule has 2 heterocycles. The molecule has 1 unspecified atom stereocenters. The summed E-state index contributed by atoms with van der Waals surface area (Å²) < 4.78 is 1.93. The molecular formula is C23H21N5. The third kappa shape index (κ3) is 2.85. The Morgan fingerprint density at radius 1 is 0.893 bits per heavy atom. The Morgan fingerprint density at radius 3 is 2.57 bits per heavy atom. The van der Waals surface area contributed by atoms with Crippen molar-refractivity contribution in [3.05, 3.63) is 95.7 Å². The van der Waals surface area contributed by atoms with E-state index in [1.165, 1.54) is 27.6 Å². The Kier molecular flexibility index (Phi) is 4.13. The van der Waals surface area contributed by atoms with Crippen molar-refractivity contribution in [3.63, 3.8) is 0 Å². The highest BCUT2D eigenvalue weighted by atomic mass is 15.6. The quantitative estimate of drug-likeness (QED) is 0.537. The molecule has 0 saturated carbocycles. The van der Waals surface area contributed by atoms with E-state index < -0.39 is 0 Å². The second kappa shape index (κ2) is 6.93. The highest BCUT2D eigenvalue weighted by Crippen LogP contribution is 2.34. The summed E-state index contributed by atoms with van der Waals surface area (Å²) in [6.45, 7) is 2.98. The molecule has 0 saturated heterocycles. The van der Waals surface area contributed by atoms with Gasteiger partial charge in [0.05, 0.1) is 0 Å². The van der Waals surface area contributed by atoms with Crippen molar-refractivity contribution in [2.24, 2.45) is 0 Å². The molecule has 3 aromatic carbocycles. The molecule has 0 spiro atoms. The average Bonchev–Trinajstić information content (AvgIpc) is 3.23. The van der Waals surface area contributed by atoms with Gasteiger partial charge < -0.3 is 4.90 Å². The third-order valence-electron chi connectivity index (χ3n) is 5.41. The molecule has 5 nitrogen and oxygen atoms in total. The molecule has 0 amide bonds. The lowest BCUT2D eigenvalue weighted by atomic mass is 9.97. The molecule has 1 aromatic heterocycles. The zero-order chi connectivity index (χ0) is 18.9. The highest BCUT2D eigenvalue weighted by Gasteiger charge is 2.28. The maximum atomic E-state index is 4.34. The predicted molar refractivity (Wildman–Crippen MR) is 111 cm³/mol. The van der Waals surface area contributed by atoms with Crippen molar-refractivity contribution in [2.45, 2.75) is 19.4 Å². The smallest absolute Gasteiger partial charge is 0.250 e. The van der Waals surface area contributed by atoms with Gasteiger partial charge in [-0.3, -0.25) is 0 Å². The van der Waals surface area contributed by atoms with Crippen LogP contribution in [0.3, 0.4) is 0 Å². The van der Waals surface area contributed by atoms with Gasteiger partial charge in [0.2, 0.25) is 0 Å². The summed E-state index contributed by atoms with van der Waals surface area (Å²) in [5.41, 5.74) is 3.70. The van der Waals surface area contributed by atoms with E-state index in [1.54, 1.807) is 0 Å². The zero-order valence-electron chi connectivity index (χ0n) is 15.7. The summed E-state index contributed by atoms with van der Waals surface area (Å²) >= 11 is 0. The van der Waals surface area contributed by atoms with Crippen molar-refractivity contribution in [2.75, 3.05) is 11.4 Å². The fourth-order valence-corrected chi connectivity index (χ4v) is 3.99. The van der Waals surface area contributed by atoms with Crippen molar-refractivity contribution in [3.8, 4) is 0 Å². The van der Waals surface area contributed by atoms with Gasteiger partial charge in [-0.05, 0) is 51.7 Å². The van der Waals surface area contributed by atoms with Crippen molar-refractivity contribution < 1.29 is 0 Å². The number of anilines is 1. The van der Waals surface area contributed by atoms with Crippen LogP contribution in [-0.4, -0.2) is 26.8 Å². The maximum absolute atomic E-state index is 4.34. The van der Waals surface area contributed by atoms with E-state index in [9.17, 15) is 0 Å². The predicted octanol–water partition coefficient (Wildman–Crippen LogP) is 4.38. The van der Waals surface area contributed by atoms with Crippen LogP contribution < -0.4 is 4.90 Å². The van der Waals surface area contributed by atoms with Gasteiger partial charge in [0, 0.05) is 12.2 Å². The molecule has 28 heavy (non-hydrogen) atoms. The highest BCUT2D eigenvalue weighted by molar-refractivity contribution is 5.86. The molecule has 0 N–H and O–H groups in total. The number of nitrogens with zero attached hydrogens (tertiary/aromatic N) is 5. The van der Waals surface area contributed by atoms with Gasteiger partial charge in [-0.15, -0.1) is 0 Å². The number of allylic oxidation sites excluding steroid dienone is 2. The zero-order valence-corrected chi connectivity index (χ0v) is 15.7. The second-order valence-corrected chi connectivity index (χ2v) is 7.13. The van der Waals surface area contributed by atoms with E-state index in [1.807, 2.05) is 10.7 Å². The van der Waals surface area contributed by atoms with Crippen LogP contribution in [0.2, 0.25) is 0 Å². The van der Waals surface area contributed by atoms with Gasteiger partial charge in [0.25, 0.3) is 5.95 Å². The lowest BCUT2D eigenvalue weighted by molar-refractivity contribution is 0.561. The van der Waals surface area contributed by atoms with E-state index in [-0.39, 0.29) is 6.04 Å². The summed E-state index contributed by atoms with van der Waals surface area (Å²) in [7, 11) is 0. The summed E-state index contributed by atoms with van der Waals surface area (Å²) in [6.07, 6.45) is 3.20. The van der Waals surface area contributed by atoms with E-state index >= 15 is 0 Å². The van der Waals surface area contributed by atoms with E-state index in [0.717, 1.165) is 18.9 Å². The number of fused-ring (bicyclic) bond motifs is 2. The van der Waals surface area contributed by atoms with Gasteiger partial charge in [-0.25, -0.2) is 0 Å². The number of aromatic nitrogens is 4. The Balaban J connectivity index is 1.52. The van der Waals surface area contributed by atoms with Crippen molar-refractivity contribution in [1.82, 2.24) is 20.2 Å². The SMILES string of the molecule is CC1=CC(c2cccc3ccccc23)n2nnnc2N1CCc1ccccc1. The number of hydrogen-bond acceptors (Lipinski definition) is 4. The lowest BCUT2D eigenvalue weighted by Crippen LogP contribution is -2.32. The number of benzene rings is 3. The van der Waals surface area contributed by atoms with Gasteiger partial charge in [-0.1, -0.05) is 77.9 Å². The van der Waals surface area contributed by atoms with Gasteiger partial charge in [0.1, 0.15) is 6.04 Å². The standard InChI is InChI=1S/C23H21N5/c1-17-16-22(21-13-7-11-19-10-5-6-12-20(19)21)28-23(24-25-26-28)27(17)15-14-18-8-3-2-4-9-18/h2-13,16,22H,14-15H2,1H3. The molecular weight excluding hydrogens is 346 g/mol. The third-order valence-corrected chi connectivity index (χ3v) is 5.41. The van der Waals surface area contributed by atoms with Crippen LogP contribution in [-0.2, 0) is 6.42 Å². The number of hydrogen-bond donors (Lipinski definition) is 0. The molecule has 1 aliphatic rings. The first-order valence-electron chi connectivity index (χ1n) is 9.57. The fraction of sp³-hybridized carbons (Fsp3) is 0.174. The molecule has 0 aliphatic carbocycles. The largest absolute Gasteiger partial charge is 0.313 e. The normalized spacial score (nSPS) is 16.1. The summed E-state index contributed by atoms with van der Waals surface area (Å²) in [5, 5.41) is 15.1. The van der Waals surface area contributed by atoms with Gasteiger partial charge >= 0.3 is 0 Å². The monoisotopic (exact) mass is 367 g/mol. The summed E-state index contributed by atoms with van der Waals surface area (Å²) in [6, 6.07) is 25.4. The van der Waals surface area contributed by atoms with Gasteiger partial charge in [-0.2, -0.15) is 4.68 Å². The Labute approximate surface area is 163 Å². The van der Waals surface area contributed by atoms with E-state index in [4.69, 9.17) is 0 Å². The molecule has 0 bridgehead atoms. The minimum absolute atomic E-state index is 0.0101. The molecule has 1 aliphatic heterocycles. The number of tetrazole rings is 1. The summed E-state index contributed by atoms with van der Waals surface area (Å²) in [5.74, 6) is 0.800. The van der Waals surface area contributed by atoms with Crippen LogP contribution in [0, 0.1) is 0 Å². The van der Waals surface area contributed by atoms with Crippen LogP contribution in [0.25, 0.3) is 10.8 Å². The first-order valence-corrected chi connectivity index (χ1v) is 9.57. The van der Waals surface area contributed by atoms with Crippen LogP contribution in [0.4, 0.5) is 5.95 Å². The number of rotatable bonds is 4. The average molecular weight is 367 g/mol. The summed E-state index contributed by atoms with van der Waals surface area (Å²) in [4.78, 5) is 2.20. The van der Waals surface area contributed by atoms with E-state index in [2.05, 4.69) is 100 Å². The first-order chi connectivity index (χ1) is 13.8. The Bertz CT molecular complexity index is 1140. The van der Waals surface area contributed by atoms with Crippen LogP contribution in [0.15, 0.2) is 84.6 Å². The molecule has 138 valence electrons. The molecule has 5 heteroatoms. The maximum Gasteiger partial charge on any atom is 0.250 e. The Hall–Kier alpha value is -3.47. The first kappa shape index (κ1) is 16.7. The van der Waals surface area contributed by atoms with Gasteiger partial charge in [0.15, 0.2) is 0 Å². The molecule has 1 atom stereocenters. The van der Waals surface area contributed by atoms with Crippen LogP contribution in [0.1, 0.15) is 24.1 Å². The minimum Gasteiger partial charge on any atom is -0.313 e. The van der Waals surface area contributed by atoms with Crippen LogP contribution >= 0.6 is 0 Å². The minimum atomic E-state index is -0.0101. The van der Waals surface area contributed by atoms with Crippen molar-refractivity contribution >= 4 is 16.7 Å². The van der Waals surface area contributed by atoms with Crippen LogP contribution in [0.5, 0.6) is 0 Å². The molecule has 4 aromatic rings. The van der Waals surface area contributed by atoms with E-state index in [0.29, 0.717) is 0 Å².